The molecule has 1 unspecified atom stereocenters. The Morgan fingerprint density at radius 1 is 1.50 bits per heavy atom. The molecule has 0 aromatic heterocycles. The quantitative estimate of drug-likeness (QED) is 0.773. The highest BCUT2D eigenvalue weighted by atomic mass is 16.1. The van der Waals surface area contributed by atoms with Crippen molar-refractivity contribution in [2.45, 2.75) is 19.9 Å². The van der Waals surface area contributed by atoms with Crippen molar-refractivity contribution in [3.05, 3.63) is 29.3 Å². The van der Waals surface area contributed by atoms with E-state index in [1.807, 2.05) is 13.0 Å². The zero-order chi connectivity index (χ0) is 12.3. The standard InChI is InChI=1S/C12H16N2O2/c1-8-6-10(7-15)4-5-11(8)14(3)9(2)12(13)16/h4-7,9H,1-3H3,(H2,13,16). The van der Waals surface area contributed by atoms with Gasteiger partial charge < -0.3 is 10.6 Å². The summed E-state index contributed by atoms with van der Waals surface area (Å²) in [4.78, 5) is 23.5. The van der Waals surface area contributed by atoms with Crippen LogP contribution in [0.5, 0.6) is 0 Å². The Morgan fingerprint density at radius 2 is 2.12 bits per heavy atom. The van der Waals surface area contributed by atoms with E-state index in [0.717, 1.165) is 17.5 Å². The third-order valence-corrected chi connectivity index (χ3v) is 2.73. The van der Waals surface area contributed by atoms with Crippen LogP contribution in [0, 0.1) is 6.92 Å². The molecule has 0 aliphatic carbocycles. The fraction of sp³-hybridized carbons (Fsp3) is 0.333. The number of aryl methyl sites for hydroxylation is 1. The van der Waals surface area contributed by atoms with Gasteiger partial charge in [0.05, 0.1) is 0 Å². The smallest absolute Gasteiger partial charge is 0.239 e. The number of anilines is 1. The maximum Gasteiger partial charge on any atom is 0.239 e. The summed E-state index contributed by atoms with van der Waals surface area (Å²) in [6, 6.07) is 4.95. The van der Waals surface area contributed by atoms with E-state index in [1.165, 1.54) is 0 Å². The van der Waals surface area contributed by atoms with E-state index in [1.54, 1.807) is 31.0 Å². The Balaban J connectivity index is 3.04. The molecule has 4 nitrogen and oxygen atoms in total. The van der Waals surface area contributed by atoms with Crippen LogP contribution < -0.4 is 10.6 Å². The first-order valence-electron chi connectivity index (χ1n) is 5.05. The molecule has 0 bridgehead atoms. The molecule has 1 rings (SSSR count). The lowest BCUT2D eigenvalue weighted by Crippen LogP contribution is -2.40. The van der Waals surface area contributed by atoms with Crippen LogP contribution in [0.15, 0.2) is 18.2 Å². The summed E-state index contributed by atoms with van der Waals surface area (Å²) in [7, 11) is 1.80. The summed E-state index contributed by atoms with van der Waals surface area (Å²) in [5.41, 5.74) is 7.71. The Labute approximate surface area is 95.0 Å². The van der Waals surface area contributed by atoms with E-state index in [9.17, 15) is 9.59 Å². The first-order valence-corrected chi connectivity index (χ1v) is 5.05. The van der Waals surface area contributed by atoms with Gasteiger partial charge in [0.25, 0.3) is 0 Å². The van der Waals surface area contributed by atoms with Gasteiger partial charge in [0.1, 0.15) is 12.3 Å². The first kappa shape index (κ1) is 12.2. The molecule has 1 aromatic carbocycles. The lowest BCUT2D eigenvalue weighted by molar-refractivity contribution is -0.118. The van der Waals surface area contributed by atoms with Crippen molar-refractivity contribution in [1.29, 1.82) is 0 Å². The number of amides is 1. The Bertz CT molecular complexity index is 415. The van der Waals surface area contributed by atoms with E-state index in [2.05, 4.69) is 0 Å². The maximum atomic E-state index is 11.1. The molecular weight excluding hydrogens is 204 g/mol. The van der Waals surface area contributed by atoms with E-state index in [0.29, 0.717) is 5.56 Å². The van der Waals surface area contributed by atoms with E-state index < -0.39 is 0 Å². The Hall–Kier alpha value is -1.84. The summed E-state index contributed by atoms with van der Waals surface area (Å²) < 4.78 is 0. The van der Waals surface area contributed by atoms with Crippen molar-refractivity contribution in [3.8, 4) is 0 Å². The minimum Gasteiger partial charge on any atom is -0.368 e. The number of hydrogen-bond donors (Lipinski definition) is 1. The zero-order valence-electron chi connectivity index (χ0n) is 9.73. The van der Waals surface area contributed by atoms with Crippen molar-refractivity contribution in [2.75, 3.05) is 11.9 Å². The largest absolute Gasteiger partial charge is 0.368 e. The average Bonchev–Trinajstić information content (AvgIpc) is 2.26. The molecule has 0 radical (unpaired) electrons. The summed E-state index contributed by atoms with van der Waals surface area (Å²) in [6.07, 6.45) is 0.800. The third kappa shape index (κ3) is 2.39. The van der Waals surface area contributed by atoms with Gasteiger partial charge in [-0.15, -0.1) is 0 Å². The van der Waals surface area contributed by atoms with Crippen molar-refractivity contribution in [3.63, 3.8) is 0 Å². The second-order valence-corrected chi connectivity index (χ2v) is 3.85. The first-order chi connectivity index (χ1) is 7.47. The van der Waals surface area contributed by atoms with Crippen LogP contribution in [0.3, 0.4) is 0 Å². The Kier molecular flexibility index (Phi) is 3.66. The average molecular weight is 220 g/mol. The van der Waals surface area contributed by atoms with Gasteiger partial charge in [0.15, 0.2) is 0 Å². The predicted octanol–water partition coefficient (Wildman–Crippen LogP) is 1.12. The van der Waals surface area contributed by atoms with E-state index in [-0.39, 0.29) is 11.9 Å². The van der Waals surface area contributed by atoms with E-state index >= 15 is 0 Å². The molecule has 0 fully saturated rings. The zero-order valence-corrected chi connectivity index (χ0v) is 9.73. The van der Waals surface area contributed by atoms with Crippen LogP contribution in [0.2, 0.25) is 0 Å². The molecule has 86 valence electrons. The van der Waals surface area contributed by atoms with Crippen LogP contribution >= 0.6 is 0 Å². The van der Waals surface area contributed by atoms with Gasteiger partial charge in [-0.3, -0.25) is 9.59 Å². The molecule has 0 aliphatic rings. The van der Waals surface area contributed by atoms with Crippen molar-refractivity contribution < 1.29 is 9.59 Å². The molecule has 0 aliphatic heterocycles. The van der Waals surface area contributed by atoms with Gasteiger partial charge in [0, 0.05) is 18.3 Å². The predicted molar refractivity (Wildman–Crippen MR) is 63.6 cm³/mol. The molecule has 1 atom stereocenters. The van der Waals surface area contributed by atoms with Crippen LogP contribution in [-0.2, 0) is 4.79 Å². The highest BCUT2D eigenvalue weighted by Crippen LogP contribution is 2.21. The molecule has 1 amide bonds. The van der Waals surface area contributed by atoms with Crippen LogP contribution in [0.1, 0.15) is 22.8 Å². The van der Waals surface area contributed by atoms with E-state index in [4.69, 9.17) is 5.73 Å². The van der Waals surface area contributed by atoms with Crippen molar-refractivity contribution in [2.24, 2.45) is 5.73 Å². The monoisotopic (exact) mass is 220 g/mol. The molecule has 0 saturated heterocycles. The lowest BCUT2D eigenvalue weighted by atomic mass is 10.1. The van der Waals surface area contributed by atoms with Crippen LogP contribution in [0.25, 0.3) is 0 Å². The van der Waals surface area contributed by atoms with Gasteiger partial charge in [-0.25, -0.2) is 0 Å². The SMILES string of the molecule is Cc1cc(C=O)ccc1N(C)C(C)C(N)=O. The van der Waals surface area contributed by atoms with Crippen LogP contribution in [0.4, 0.5) is 5.69 Å². The van der Waals surface area contributed by atoms with Gasteiger partial charge in [-0.05, 0) is 37.6 Å². The molecule has 0 saturated carbocycles. The molecule has 4 heteroatoms. The molecule has 0 spiro atoms. The summed E-state index contributed by atoms with van der Waals surface area (Å²) >= 11 is 0. The Morgan fingerprint density at radius 3 is 2.56 bits per heavy atom. The number of nitrogens with two attached hydrogens (primary N) is 1. The number of hydrogen-bond acceptors (Lipinski definition) is 3. The number of carbonyl (C=O) groups excluding carboxylic acids is 2. The molecular formula is C12H16N2O2. The van der Waals surface area contributed by atoms with Crippen molar-refractivity contribution in [1.82, 2.24) is 0 Å². The number of rotatable bonds is 4. The van der Waals surface area contributed by atoms with Gasteiger partial charge in [-0.2, -0.15) is 0 Å². The maximum absolute atomic E-state index is 11.1. The summed E-state index contributed by atoms with van der Waals surface area (Å²) in [5.74, 6) is -0.374. The minimum atomic E-state index is -0.374. The summed E-state index contributed by atoms with van der Waals surface area (Å²) in [5, 5.41) is 0. The normalized spacial score (nSPS) is 11.9. The summed E-state index contributed by atoms with van der Waals surface area (Å²) in [6.45, 7) is 3.64. The van der Waals surface area contributed by atoms with Gasteiger partial charge in [-0.1, -0.05) is 0 Å². The number of likely N-dealkylation sites (N-methyl/N-ethyl adjacent to an activating group) is 1. The van der Waals surface area contributed by atoms with Crippen molar-refractivity contribution >= 4 is 17.9 Å². The highest BCUT2D eigenvalue weighted by molar-refractivity contribution is 5.84. The number of aldehydes is 1. The second-order valence-electron chi connectivity index (χ2n) is 3.85. The third-order valence-electron chi connectivity index (χ3n) is 2.73. The second kappa shape index (κ2) is 4.79. The number of nitrogens with zero attached hydrogens (tertiary/aromatic N) is 1. The van der Waals surface area contributed by atoms with Crippen LogP contribution in [-0.4, -0.2) is 25.3 Å². The van der Waals surface area contributed by atoms with Gasteiger partial charge in [0.2, 0.25) is 5.91 Å². The fourth-order valence-corrected chi connectivity index (χ4v) is 1.55. The highest BCUT2D eigenvalue weighted by Gasteiger charge is 2.16. The van der Waals surface area contributed by atoms with Gasteiger partial charge >= 0.3 is 0 Å². The molecule has 2 N–H and O–H groups in total. The minimum absolute atomic E-state index is 0.374. The topological polar surface area (TPSA) is 63.4 Å². The fourth-order valence-electron chi connectivity index (χ4n) is 1.55. The lowest BCUT2D eigenvalue weighted by Gasteiger charge is -2.26. The number of primary amides is 1. The molecule has 0 heterocycles. The molecule has 16 heavy (non-hydrogen) atoms. The number of carbonyl (C=O) groups is 2. The molecule has 1 aromatic rings. The number of benzene rings is 1.